The summed E-state index contributed by atoms with van der Waals surface area (Å²) in [5, 5.41) is 13.6. The number of ether oxygens (including phenoxy) is 1. The van der Waals surface area contributed by atoms with Crippen molar-refractivity contribution in [1.29, 1.82) is 0 Å². The molecule has 2 N–H and O–H groups in total. The molecule has 0 unspecified atom stereocenters. The Morgan fingerprint density at radius 3 is 1.90 bits per heavy atom. The van der Waals surface area contributed by atoms with Gasteiger partial charge in [-0.25, -0.2) is 9.59 Å². The van der Waals surface area contributed by atoms with Crippen LogP contribution in [-0.2, 0) is 9.53 Å². The van der Waals surface area contributed by atoms with Crippen LogP contribution in [0.4, 0.5) is 4.79 Å². The zero-order chi connectivity index (χ0) is 23.3. The molecule has 0 bridgehead atoms. The van der Waals surface area contributed by atoms with Gasteiger partial charge in [-0.1, -0.05) is 83.1 Å². The summed E-state index contributed by atoms with van der Waals surface area (Å²) in [4.78, 5) is 23.3. The van der Waals surface area contributed by atoms with Crippen LogP contribution in [-0.4, -0.2) is 37.6 Å². The average Bonchev–Trinajstić information content (AvgIpc) is 2.50. The van der Waals surface area contributed by atoms with E-state index in [1.165, 1.54) is 5.19 Å². The van der Waals surface area contributed by atoms with Crippen LogP contribution in [0.3, 0.4) is 0 Å². The zero-order valence-electron chi connectivity index (χ0n) is 19.9. The summed E-state index contributed by atoms with van der Waals surface area (Å²) < 4.78 is 5.14. The molecule has 1 amide bonds. The summed E-state index contributed by atoms with van der Waals surface area (Å²) in [5.74, 6) is -1.09. The van der Waals surface area contributed by atoms with Crippen molar-refractivity contribution < 1.29 is 19.4 Å². The number of hydrogen-bond acceptors (Lipinski definition) is 3. The van der Waals surface area contributed by atoms with E-state index in [4.69, 9.17) is 4.74 Å². The monoisotopic (exact) mass is 432 g/mol. The summed E-state index contributed by atoms with van der Waals surface area (Å²) in [5.41, 5.74) is 0.329. The highest BCUT2D eigenvalue weighted by molar-refractivity contribution is 6.78. The summed E-state index contributed by atoms with van der Waals surface area (Å²) in [6.45, 7) is 19.1. The molecule has 1 radical (unpaired) electrons. The molecule has 6 heteroatoms. The highest BCUT2D eigenvalue weighted by Gasteiger charge is 2.38. The summed E-state index contributed by atoms with van der Waals surface area (Å²) >= 11 is 0. The van der Waals surface area contributed by atoms with Gasteiger partial charge in [0.25, 0.3) is 0 Å². The lowest BCUT2D eigenvalue weighted by Crippen LogP contribution is -2.45. The van der Waals surface area contributed by atoms with Crippen LogP contribution < -0.4 is 10.5 Å². The molecule has 0 saturated carbocycles. The van der Waals surface area contributed by atoms with Gasteiger partial charge in [-0.15, -0.1) is 0 Å². The second kappa shape index (κ2) is 9.82. The Morgan fingerprint density at radius 1 is 1.00 bits per heavy atom. The molecule has 30 heavy (non-hydrogen) atoms. The van der Waals surface area contributed by atoms with E-state index in [2.05, 4.69) is 71.1 Å². The quantitative estimate of drug-likeness (QED) is 0.593. The molecule has 0 aliphatic heterocycles. The van der Waals surface area contributed by atoms with E-state index in [1.54, 1.807) is 26.8 Å². The first kappa shape index (κ1) is 26.0. The maximum Gasteiger partial charge on any atom is 0.408 e. The van der Waals surface area contributed by atoms with Gasteiger partial charge in [0.2, 0.25) is 0 Å². The predicted molar refractivity (Wildman–Crippen MR) is 126 cm³/mol. The third kappa shape index (κ3) is 8.74. The first-order valence-electron chi connectivity index (χ1n) is 10.4. The fourth-order valence-corrected chi connectivity index (χ4v) is 8.25. The van der Waals surface area contributed by atoms with Crippen LogP contribution in [0.5, 0.6) is 0 Å². The molecule has 0 saturated heterocycles. The Morgan fingerprint density at radius 2 is 1.50 bits per heavy atom. The normalized spacial score (nSPS) is 14.1. The maximum atomic E-state index is 11.9. The third-order valence-electron chi connectivity index (χ3n) is 4.37. The Labute approximate surface area is 183 Å². The lowest BCUT2D eigenvalue weighted by molar-refractivity contribution is -0.139. The molecule has 0 fully saturated rings. The number of aliphatic carboxylic acids is 1. The molecule has 5 nitrogen and oxygen atoms in total. The fourth-order valence-electron chi connectivity index (χ4n) is 3.76. The molecular weight excluding hydrogens is 394 g/mol. The number of amides is 1. The summed E-state index contributed by atoms with van der Waals surface area (Å²) in [6, 6.07) is 7.50. The number of hydrogen-bond donors (Lipinski definition) is 2. The minimum Gasteiger partial charge on any atom is -0.480 e. The number of carbonyl (C=O) groups is 2. The highest BCUT2D eigenvalue weighted by Crippen LogP contribution is 2.41. The largest absolute Gasteiger partial charge is 0.480 e. The molecule has 0 aliphatic carbocycles. The number of carboxylic acids is 1. The first-order chi connectivity index (χ1) is 13.5. The molecule has 1 aromatic rings. The fraction of sp³-hybridized carbons (Fsp3) is 0.583. The van der Waals surface area contributed by atoms with Crippen LogP contribution >= 0.6 is 0 Å². The topological polar surface area (TPSA) is 75.6 Å². The number of carboxylic acid groups (broad SMARTS) is 1. The van der Waals surface area contributed by atoms with E-state index < -0.39 is 32.5 Å². The predicted octanol–water partition coefficient (Wildman–Crippen LogP) is 5.37. The minimum atomic E-state index is -1.09. The molecule has 1 rings (SSSR count). The van der Waals surface area contributed by atoms with Crippen LogP contribution in [0.15, 0.2) is 30.3 Å². The number of alkyl carbamates (subject to hydrolysis) is 1. The van der Waals surface area contributed by atoms with Gasteiger partial charge in [0.15, 0.2) is 0 Å². The van der Waals surface area contributed by atoms with Crippen molar-refractivity contribution in [2.45, 2.75) is 90.5 Å². The van der Waals surface area contributed by atoms with E-state index >= 15 is 0 Å². The van der Waals surface area contributed by atoms with Crippen molar-refractivity contribution in [3.05, 3.63) is 35.9 Å². The third-order valence-corrected chi connectivity index (χ3v) is 8.28. The molecule has 0 aliphatic rings. The van der Waals surface area contributed by atoms with Crippen LogP contribution in [0.25, 0.3) is 6.08 Å². The Kier molecular flexibility index (Phi) is 8.49. The van der Waals surface area contributed by atoms with Crippen LogP contribution in [0.2, 0.25) is 10.1 Å². The Balaban J connectivity index is 2.85. The lowest BCUT2D eigenvalue weighted by atomic mass is 10.1. The Hall–Kier alpha value is -2.08. The second-order valence-electron chi connectivity index (χ2n) is 10.7. The average molecular weight is 433 g/mol. The Bertz CT molecular complexity index is 735. The van der Waals surface area contributed by atoms with Crippen LogP contribution in [0, 0.1) is 0 Å². The minimum absolute atomic E-state index is 0.176. The van der Waals surface area contributed by atoms with Gasteiger partial charge < -0.3 is 15.2 Å². The lowest BCUT2D eigenvalue weighted by Gasteiger charge is -2.39. The van der Waals surface area contributed by atoms with E-state index in [9.17, 15) is 14.7 Å². The van der Waals surface area contributed by atoms with Crippen molar-refractivity contribution in [2.24, 2.45) is 0 Å². The standard InChI is InChI=1S/C24H38NO4Si/c1-22(2,3)29-21(28)25-19(20(26)27)12-10-11-17-13-15-18(16-14-17)30(23(4,5)6)24(7,8)9/h10-11,13-16,19H,12H2,1-9H3,(H,25,28)(H,26,27)/b11-10+/t19-/m0/s1. The maximum absolute atomic E-state index is 11.9. The van der Waals surface area contributed by atoms with E-state index in [1.807, 2.05) is 6.08 Å². The summed E-state index contributed by atoms with van der Waals surface area (Å²) in [6.07, 6.45) is 3.10. The number of nitrogens with one attached hydrogen (secondary N) is 1. The van der Waals surface area contributed by atoms with Gasteiger partial charge in [0.05, 0.1) is 8.80 Å². The molecule has 167 valence electrons. The highest BCUT2D eigenvalue weighted by atomic mass is 28.3. The molecule has 1 aromatic carbocycles. The smallest absolute Gasteiger partial charge is 0.408 e. The number of benzene rings is 1. The second-order valence-corrected chi connectivity index (χ2v) is 15.0. The van der Waals surface area contributed by atoms with Gasteiger partial charge in [0, 0.05) is 0 Å². The molecular formula is C24H38NO4Si. The molecule has 0 heterocycles. The van der Waals surface area contributed by atoms with E-state index in [0.29, 0.717) is 0 Å². The van der Waals surface area contributed by atoms with Crippen molar-refractivity contribution in [2.75, 3.05) is 0 Å². The van der Waals surface area contributed by atoms with Crippen LogP contribution in [0.1, 0.15) is 74.3 Å². The SMILES string of the molecule is CC(C)(C)OC(=O)N[C@@H](C/C=C/c1ccc([Si](C(C)(C)C)C(C)(C)C)cc1)C(=O)O. The van der Waals surface area contributed by atoms with Crippen molar-refractivity contribution in [1.82, 2.24) is 5.32 Å². The van der Waals surface area contributed by atoms with Crippen molar-refractivity contribution >= 4 is 32.1 Å². The van der Waals surface area contributed by atoms with Gasteiger partial charge in [-0.2, -0.15) is 0 Å². The molecule has 0 aromatic heterocycles. The van der Waals surface area contributed by atoms with Crippen molar-refractivity contribution in [3.63, 3.8) is 0 Å². The molecule has 1 atom stereocenters. The van der Waals surface area contributed by atoms with Crippen molar-refractivity contribution in [3.8, 4) is 0 Å². The number of rotatable bonds is 6. The first-order valence-corrected chi connectivity index (χ1v) is 11.9. The van der Waals surface area contributed by atoms with E-state index in [-0.39, 0.29) is 16.5 Å². The zero-order valence-corrected chi connectivity index (χ0v) is 20.9. The van der Waals surface area contributed by atoms with Gasteiger partial charge in [0.1, 0.15) is 11.6 Å². The molecule has 0 spiro atoms. The van der Waals surface area contributed by atoms with Gasteiger partial charge in [-0.05, 0) is 42.8 Å². The van der Waals surface area contributed by atoms with Gasteiger partial charge >= 0.3 is 12.1 Å². The van der Waals surface area contributed by atoms with E-state index in [0.717, 1.165) is 5.56 Å². The summed E-state index contributed by atoms with van der Waals surface area (Å²) in [7, 11) is -0.805. The number of carbonyl (C=O) groups excluding carboxylic acids is 1. The van der Waals surface area contributed by atoms with Gasteiger partial charge in [-0.3, -0.25) is 0 Å².